The molecule has 1 aromatic carbocycles. The van der Waals surface area contributed by atoms with E-state index in [9.17, 15) is 9.59 Å². The number of benzene rings is 1. The maximum atomic E-state index is 11.7. The van der Waals surface area contributed by atoms with Gasteiger partial charge in [0.15, 0.2) is 0 Å². The van der Waals surface area contributed by atoms with Crippen LogP contribution in [0.3, 0.4) is 0 Å². The first-order valence-electron chi connectivity index (χ1n) is 6.21. The molecule has 1 aromatic rings. The third-order valence-corrected chi connectivity index (χ3v) is 2.15. The van der Waals surface area contributed by atoms with Gasteiger partial charge in [-0.15, -0.1) is 0 Å². The summed E-state index contributed by atoms with van der Waals surface area (Å²) in [5.74, 6) is 0.298. The van der Waals surface area contributed by atoms with Crippen LogP contribution in [0.15, 0.2) is 24.3 Å². The van der Waals surface area contributed by atoms with Crippen molar-refractivity contribution in [3.63, 3.8) is 0 Å². The molecule has 0 aliphatic rings. The molecule has 110 valence electrons. The summed E-state index contributed by atoms with van der Waals surface area (Å²) in [6.45, 7) is 5.10. The second kappa shape index (κ2) is 6.79. The Hall–Kier alpha value is -2.24. The van der Waals surface area contributed by atoms with Crippen molar-refractivity contribution < 1.29 is 19.1 Å². The van der Waals surface area contributed by atoms with E-state index >= 15 is 0 Å². The number of rotatable bonds is 4. The largest absolute Gasteiger partial charge is 0.497 e. The van der Waals surface area contributed by atoms with E-state index in [1.54, 1.807) is 52.1 Å². The van der Waals surface area contributed by atoms with Crippen LogP contribution in [-0.2, 0) is 9.53 Å². The zero-order valence-corrected chi connectivity index (χ0v) is 12.1. The molecular formula is C14H20N2O4. The van der Waals surface area contributed by atoms with Crippen LogP contribution in [-0.4, -0.2) is 31.3 Å². The van der Waals surface area contributed by atoms with Gasteiger partial charge in [0.25, 0.3) is 0 Å². The topological polar surface area (TPSA) is 76.7 Å². The van der Waals surface area contributed by atoms with E-state index in [1.807, 2.05) is 0 Å². The van der Waals surface area contributed by atoms with E-state index in [2.05, 4.69) is 10.6 Å². The molecule has 1 rings (SSSR count). The van der Waals surface area contributed by atoms with E-state index in [1.165, 1.54) is 0 Å². The summed E-state index contributed by atoms with van der Waals surface area (Å²) in [5, 5.41) is 5.03. The van der Waals surface area contributed by atoms with Crippen molar-refractivity contribution >= 4 is 17.7 Å². The summed E-state index contributed by atoms with van der Waals surface area (Å²) >= 11 is 0. The molecule has 6 nitrogen and oxygen atoms in total. The lowest BCUT2D eigenvalue weighted by Gasteiger charge is -2.19. The molecule has 0 saturated carbocycles. The van der Waals surface area contributed by atoms with Crippen LogP contribution in [0.1, 0.15) is 20.8 Å². The third kappa shape index (κ3) is 6.08. The zero-order valence-electron chi connectivity index (χ0n) is 12.1. The molecule has 0 aliphatic heterocycles. The number of nitrogens with one attached hydrogen (secondary N) is 2. The number of alkyl carbamates (subject to hydrolysis) is 1. The number of methoxy groups -OCH3 is 1. The van der Waals surface area contributed by atoms with Crippen LogP contribution in [0, 0.1) is 0 Å². The smallest absolute Gasteiger partial charge is 0.408 e. The molecule has 0 spiro atoms. The minimum Gasteiger partial charge on any atom is -0.497 e. The summed E-state index contributed by atoms with van der Waals surface area (Å²) in [4.78, 5) is 23.0. The molecule has 0 aliphatic carbocycles. The molecular weight excluding hydrogens is 260 g/mol. The molecule has 0 unspecified atom stereocenters. The van der Waals surface area contributed by atoms with E-state index in [0.29, 0.717) is 11.4 Å². The van der Waals surface area contributed by atoms with Crippen LogP contribution in [0.25, 0.3) is 0 Å². The van der Waals surface area contributed by atoms with Crippen molar-refractivity contribution in [3.05, 3.63) is 24.3 Å². The maximum absolute atomic E-state index is 11.7. The Kier molecular flexibility index (Phi) is 5.37. The highest BCUT2D eigenvalue weighted by Crippen LogP contribution is 2.16. The van der Waals surface area contributed by atoms with Crippen molar-refractivity contribution in [2.24, 2.45) is 0 Å². The van der Waals surface area contributed by atoms with Crippen molar-refractivity contribution in [3.8, 4) is 5.75 Å². The fourth-order valence-electron chi connectivity index (χ4n) is 1.37. The Labute approximate surface area is 118 Å². The molecule has 0 heterocycles. The lowest BCUT2D eigenvalue weighted by Crippen LogP contribution is -2.37. The predicted octanol–water partition coefficient (Wildman–Crippen LogP) is 2.16. The van der Waals surface area contributed by atoms with Gasteiger partial charge in [-0.25, -0.2) is 4.79 Å². The van der Waals surface area contributed by atoms with Crippen LogP contribution < -0.4 is 15.4 Å². The second-order valence-electron chi connectivity index (χ2n) is 5.14. The van der Waals surface area contributed by atoms with Crippen LogP contribution >= 0.6 is 0 Å². The Morgan fingerprint density at radius 2 is 1.95 bits per heavy atom. The molecule has 20 heavy (non-hydrogen) atoms. The van der Waals surface area contributed by atoms with Crippen LogP contribution in [0.5, 0.6) is 5.75 Å². The van der Waals surface area contributed by atoms with Gasteiger partial charge in [-0.2, -0.15) is 0 Å². The predicted molar refractivity (Wildman–Crippen MR) is 75.9 cm³/mol. The van der Waals surface area contributed by atoms with Crippen molar-refractivity contribution in [1.82, 2.24) is 5.32 Å². The first kappa shape index (κ1) is 15.8. The lowest BCUT2D eigenvalue weighted by atomic mass is 10.2. The molecule has 2 N–H and O–H groups in total. The summed E-state index contributed by atoms with van der Waals surface area (Å²) < 4.78 is 10.1. The molecule has 6 heteroatoms. The zero-order chi connectivity index (χ0) is 15.2. The summed E-state index contributed by atoms with van der Waals surface area (Å²) in [7, 11) is 1.55. The normalized spacial score (nSPS) is 10.6. The van der Waals surface area contributed by atoms with E-state index < -0.39 is 11.7 Å². The van der Waals surface area contributed by atoms with Gasteiger partial charge in [-0.3, -0.25) is 4.79 Å². The highest BCUT2D eigenvalue weighted by molar-refractivity contribution is 5.94. The van der Waals surface area contributed by atoms with Gasteiger partial charge in [-0.1, -0.05) is 6.07 Å². The Morgan fingerprint density at radius 3 is 2.55 bits per heavy atom. The van der Waals surface area contributed by atoms with Crippen LogP contribution in [0.4, 0.5) is 10.5 Å². The van der Waals surface area contributed by atoms with Gasteiger partial charge in [0.1, 0.15) is 17.9 Å². The highest BCUT2D eigenvalue weighted by atomic mass is 16.6. The van der Waals surface area contributed by atoms with Gasteiger partial charge in [0.05, 0.1) is 7.11 Å². The maximum Gasteiger partial charge on any atom is 0.408 e. The number of anilines is 1. The minimum absolute atomic E-state index is 0.161. The second-order valence-corrected chi connectivity index (χ2v) is 5.14. The Morgan fingerprint density at radius 1 is 1.25 bits per heavy atom. The molecule has 0 bridgehead atoms. The lowest BCUT2D eigenvalue weighted by molar-refractivity contribution is -0.115. The van der Waals surface area contributed by atoms with Gasteiger partial charge >= 0.3 is 6.09 Å². The average Bonchev–Trinajstić information content (AvgIpc) is 2.34. The SMILES string of the molecule is COc1cccc(NC(=O)CNC(=O)OC(C)(C)C)c1. The molecule has 0 fully saturated rings. The molecule has 0 aromatic heterocycles. The molecule has 0 atom stereocenters. The van der Waals surface area contributed by atoms with E-state index in [4.69, 9.17) is 9.47 Å². The number of amides is 2. The van der Waals surface area contributed by atoms with Gasteiger partial charge in [0, 0.05) is 11.8 Å². The average molecular weight is 280 g/mol. The fraction of sp³-hybridized carbons (Fsp3) is 0.429. The fourth-order valence-corrected chi connectivity index (χ4v) is 1.37. The van der Waals surface area contributed by atoms with Crippen molar-refractivity contribution in [2.75, 3.05) is 19.0 Å². The Bertz CT molecular complexity index is 480. The van der Waals surface area contributed by atoms with Gasteiger partial charge in [-0.05, 0) is 32.9 Å². The van der Waals surface area contributed by atoms with E-state index in [0.717, 1.165) is 0 Å². The number of hydrogen-bond acceptors (Lipinski definition) is 4. The quantitative estimate of drug-likeness (QED) is 0.886. The monoisotopic (exact) mass is 280 g/mol. The number of carbonyl (C=O) groups is 2. The van der Waals surface area contributed by atoms with Crippen molar-refractivity contribution in [2.45, 2.75) is 26.4 Å². The summed E-state index contributed by atoms with van der Waals surface area (Å²) in [6, 6.07) is 6.95. The molecule has 0 saturated heterocycles. The summed E-state index contributed by atoms with van der Waals surface area (Å²) in [6.07, 6.45) is -0.627. The first-order chi connectivity index (χ1) is 9.30. The third-order valence-electron chi connectivity index (χ3n) is 2.15. The minimum atomic E-state index is -0.627. The number of carbonyl (C=O) groups excluding carboxylic acids is 2. The number of ether oxygens (including phenoxy) is 2. The Balaban J connectivity index is 2.42. The highest BCUT2D eigenvalue weighted by Gasteiger charge is 2.16. The van der Waals surface area contributed by atoms with Crippen molar-refractivity contribution in [1.29, 1.82) is 0 Å². The molecule has 2 amide bonds. The standard InChI is InChI=1S/C14H20N2O4/c1-14(2,3)20-13(18)15-9-12(17)16-10-6-5-7-11(8-10)19-4/h5-8H,9H2,1-4H3,(H,15,18)(H,16,17). The number of hydrogen-bond donors (Lipinski definition) is 2. The van der Waals surface area contributed by atoms with Gasteiger partial charge < -0.3 is 20.1 Å². The summed E-state index contributed by atoms with van der Waals surface area (Å²) in [5.41, 5.74) is 0.00761. The van der Waals surface area contributed by atoms with Crippen LogP contribution in [0.2, 0.25) is 0 Å². The first-order valence-corrected chi connectivity index (χ1v) is 6.21. The molecule has 0 radical (unpaired) electrons. The van der Waals surface area contributed by atoms with Gasteiger partial charge in [0.2, 0.25) is 5.91 Å². The van der Waals surface area contributed by atoms with E-state index in [-0.39, 0.29) is 12.5 Å².